The number of esters is 1. The second kappa shape index (κ2) is 8.69. The second-order valence-corrected chi connectivity index (χ2v) is 8.09. The molecule has 0 N–H and O–H groups in total. The Kier molecular flexibility index (Phi) is 6.27. The lowest BCUT2D eigenvalue weighted by Gasteiger charge is -2.36. The molecule has 0 saturated carbocycles. The van der Waals surface area contributed by atoms with Crippen LogP contribution in [0.1, 0.15) is 31.1 Å². The van der Waals surface area contributed by atoms with Gasteiger partial charge in [0.2, 0.25) is 0 Å². The van der Waals surface area contributed by atoms with Crippen molar-refractivity contribution >= 4 is 29.5 Å². The molecule has 0 spiro atoms. The molecular formula is C21H24ClN3O4. The molecule has 0 bridgehead atoms. The van der Waals surface area contributed by atoms with Crippen molar-refractivity contribution in [3.8, 4) is 5.75 Å². The first-order chi connectivity index (χ1) is 13.7. The van der Waals surface area contributed by atoms with Crippen molar-refractivity contribution in [1.82, 2.24) is 9.88 Å². The van der Waals surface area contributed by atoms with E-state index in [1.54, 1.807) is 35.2 Å². The summed E-state index contributed by atoms with van der Waals surface area (Å²) in [6.07, 6.45) is 1.13. The van der Waals surface area contributed by atoms with Crippen molar-refractivity contribution in [2.45, 2.75) is 26.4 Å². The van der Waals surface area contributed by atoms with Gasteiger partial charge >= 0.3 is 12.1 Å². The molecule has 8 heteroatoms. The Hall–Kier alpha value is -2.80. The Bertz CT molecular complexity index is 875. The summed E-state index contributed by atoms with van der Waals surface area (Å²) in [4.78, 5) is 32.5. The summed E-state index contributed by atoms with van der Waals surface area (Å²) in [6.45, 7) is 7.68. The summed E-state index contributed by atoms with van der Waals surface area (Å²) in [5, 5.41) is 0.359. The van der Waals surface area contributed by atoms with Crippen LogP contribution in [0.3, 0.4) is 0 Å². The largest absolute Gasteiger partial charge is 0.444 e. The molecule has 0 aliphatic carbocycles. The molecule has 7 nitrogen and oxygen atoms in total. The van der Waals surface area contributed by atoms with Crippen LogP contribution in [0.5, 0.6) is 5.75 Å². The maximum atomic E-state index is 12.3. The van der Waals surface area contributed by atoms with Crippen molar-refractivity contribution in [2.24, 2.45) is 0 Å². The number of pyridine rings is 1. The molecule has 154 valence electrons. The zero-order chi connectivity index (χ0) is 21.0. The molecule has 1 fully saturated rings. The Morgan fingerprint density at radius 3 is 2.31 bits per heavy atom. The van der Waals surface area contributed by atoms with Crippen LogP contribution in [0.2, 0.25) is 5.02 Å². The average Bonchev–Trinajstić information content (AvgIpc) is 2.67. The topological polar surface area (TPSA) is 72.0 Å². The zero-order valence-electron chi connectivity index (χ0n) is 16.7. The van der Waals surface area contributed by atoms with E-state index in [1.807, 2.05) is 31.7 Å². The standard InChI is InChI=1S/C21H24ClN3O4/c1-21(2,3)29-20(27)25-11-9-24(10-12-25)18-17(22)13-15(14-23-18)19(26)28-16-7-5-4-6-8-16/h4-8,13-14H,9-12H2,1-3H3. The lowest BCUT2D eigenvalue weighted by atomic mass is 10.2. The van der Waals surface area contributed by atoms with E-state index in [4.69, 9.17) is 21.1 Å². The van der Waals surface area contributed by atoms with E-state index in [0.29, 0.717) is 42.8 Å². The van der Waals surface area contributed by atoms with Crippen LogP contribution < -0.4 is 9.64 Å². The molecule has 1 saturated heterocycles. The smallest absolute Gasteiger partial charge is 0.410 e. The van der Waals surface area contributed by atoms with Gasteiger partial charge in [0, 0.05) is 32.4 Å². The van der Waals surface area contributed by atoms with E-state index in [9.17, 15) is 9.59 Å². The second-order valence-electron chi connectivity index (χ2n) is 7.69. The third kappa shape index (κ3) is 5.60. The van der Waals surface area contributed by atoms with Crippen LogP contribution in [0.25, 0.3) is 0 Å². The fourth-order valence-corrected chi connectivity index (χ4v) is 3.14. The van der Waals surface area contributed by atoms with Gasteiger partial charge in [-0.2, -0.15) is 0 Å². The van der Waals surface area contributed by atoms with Crippen LogP contribution >= 0.6 is 11.6 Å². The van der Waals surface area contributed by atoms with E-state index in [1.165, 1.54) is 6.20 Å². The van der Waals surface area contributed by atoms with Gasteiger partial charge in [-0.15, -0.1) is 0 Å². The van der Waals surface area contributed by atoms with Crippen molar-refractivity contribution in [3.63, 3.8) is 0 Å². The number of piperazine rings is 1. The van der Waals surface area contributed by atoms with Crippen molar-refractivity contribution < 1.29 is 19.1 Å². The van der Waals surface area contributed by atoms with Gasteiger partial charge in [-0.05, 0) is 39.0 Å². The Balaban J connectivity index is 1.61. The molecule has 2 heterocycles. The summed E-state index contributed by atoms with van der Waals surface area (Å²) in [6, 6.07) is 10.4. The third-order valence-corrected chi connectivity index (χ3v) is 4.52. The van der Waals surface area contributed by atoms with E-state index in [0.717, 1.165) is 0 Å². The van der Waals surface area contributed by atoms with E-state index in [-0.39, 0.29) is 11.7 Å². The van der Waals surface area contributed by atoms with E-state index < -0.39 is 11.6 Å². The van der Waals surface area contributed by atoms with Gasteiger partial charge in [-0.3, -0.25) is 0 Å². The number of benzene rings is 1. The molecule has 0 unspecified atom stereocenters. The summed E-state index contributed by atoms with van der Waals surface area (Å²) in [5.41, 5.74) is -0.251. The highest BCUT2D eigenvalue weighted by Gasteiger charge is 2.27. The quantitative estimate of drug-likeness (QED) is 0.555. The first-order valence-electron chi connectivity index (χ1n) is 9.38. The molecule has 1 amide bonds. The molecule has 0 radical (unpaired) electrons. The van der Waals surface area contributed by atoms with Gasteiger partial charge in [-0.1, -0.05) is 29.8 Å². The molecule has 1 aliphatic rings. The molecular weight excluding hydrogens is 394 g/mol. The third-order valence-electron chi connectivity index (χ3n) is 4.24. The van der Waals surface area contributed by atoms with Gasteiger partial charge in [0.1, 0.15) is 17.2 Å². The highest BCUT2D eigenvalue weighted by molar-refractivity contribution is 6.33. The molecule has 1 aromatic heterocycles. The molecule has 3 rings (SSSR count). The van der Waals surface area contributed by atoms with Crippen molar-refractivity contribution in [3.05, 3.63) is 53.2 Å². The number of anilines is 1. The number of hydrogen-bond acceptors (Lipinski definition) is 6. The summed E-state index contributed by atoms with van der Waals surface area (Å²) in [5.74, 6) is 0.509. The number of halogens is 1. The first kappa shape index (κ1) is 20.9. The minimum atomic E-state index is -0.525. The number of hydrogen-bond donors (Lipinski definition) is 0. The zero-order valence-corrected chi connectivity index (χ0v) is 17.5. The number of aromatic nitrogens is 1. The van der Waals surface area contributed by atoms with E-state index >= 15 is 0 Å². The van der Waals surface area contributed by atoms with Crippen LogP contribution in [0, 0.1) is 0 Å². The van der Waals surface area contributed by atoms with E-state index in [2.05, 4.69) is 4.98 Å². The number of rotatable bonds is 3. The predicted molar refractivity (Wildman–Crippen MR) is 111 cm³/mol. The first-order valence-corrected chi connectivity index (χ1v) is 9.76. The Morgan fingerprint density at radius 1 is 1.07 bits per heavy atom. The molecule has 1 aliphatic heterocycles. The highest BCUT2D eigenvalue weighted by Crippen LogP contribution is 2.26. The monoisotopic (exact) mass is 417 g/mol. The van der Waals surface area contributed by atoms with Crippen LogP contribution in [-0.4, -0.2) is 53.7 Å². The van der Waals surface area contributed by atoms with Gasteiger partial charge < -0.3 is 19.3 Å². The summed E-state index contributed by atoms with van der Waals surface area (Å²) < 4.78 is 10.7. The number of nitrogens with zero attached hydrogens (tertiary/aromatic N) is 3. The normalized spacial score (nSPS) is 14.5. The van der Waals surface area contributed by atoms with Crippen LogP contribution in [0.4, 0.5) is 10.6 Å². The lowest BCUT2D eigenvalue weighted by Crippen LogP contribution is -2.50. The number of ether oxygens (including phenoxy) is 2. The summed E-state index contributed by atoms with van der Waals surface area (Å²) in [7, 11) is 0. The minimum Gasteiger partial charge on any atom is -0.444 e. The Labute approximate surface area is 175 Å². The van der Waals surface area contributed by atoms with Gasteiger partial charge in [0.15, 0.2) is 0 Å². The SMILES string of the molecule is CC(C)(C)OC(=O)N1CCN(c2ncc(C(=O)Oc3ccccc3)cc2Cl)CC1. The Morgan fingerprint density at radius 2 is 1.72 bits per heavy atom. The van der Waals surface area contributed by atoms with Crippen LogP contribution in [-0.2, 0) is 4.74 Å². The fraction of sp³-hybridized carbons (Fsp3) is 0.381. The maximum absolute atomic E-state index is 12.3. The number of para-hydroxylation sites is 1. The maximum Gasteiger partial charge on any atom is 0.410 e. The van der Waals surface area contributed by atoms with Gasteiger partial charge in [0.05, 0.1) is 10.6 Å². The van der Waals surface area contributed by atoms with Crippen molar-refractivity contribution in [1.29, 1.82) is 0 Å². The molecule has 2 aromatic rings. The van der Waals surface area contributed by atoms with Gasteiger partial charge in [0.25, 0.3) is 0 Å². The average molecular weight is 418 g/mol. The van der Waals surface area contributed by atoms with Crippen molar-refractivity contribution in [2.75, 3.05) is 31.1 Å². The van der Waals surface area contributed by atoms with Crippen LogP contribution in [0.15, 0.2) is 42.6 Å². The minimum absolute atomic E-state index is 0.273. The number of carbonyl (C=O) groups excluding carboxylic acids is 2. The highest BCUT2D eigenvalue weighted by atomic mass is 35.5. The van der Waals surface area contributed by atoms with Gasteiger partial charge in [-0.25, -0.2) is 14.6 Å². The fourth-order valence-electron chi connectivity index (χ4n) is 2.86. The molecule has 1 aromatic carbocycles. The lowest BCUT2D eigenvalue weighted by molar-refractivity contribution is 0.0240. The predicted octanol–water partition coefficient (Wildman–Crippen LogP) is 4.01. The molecule has 0 atom stereocenters. The number of carbonyl (C=O) groups is 2. The summed E-state index contributed by atoms with van der Waals surface area (Å²) >= 11 is 6.38. The number of amides is 1. The molecule has 29 heavy (non-hydrogen) atoms.